The van der Waals surface area contributed by atoms with Crippen LogP contribution in [0.1, 0.15) is 42.3 Å². The van der Waals surface area contributed by atoms with Crippen molar-refractivity contribution in [2.45, 2.75) is 44.0 Å². The average Bonchev–Trinajstić information content (AvgIpc) is 3.46. The van der Waals surface area contributed by atoms with Gasteiger partial charge in [-0.05, 0) is 43.0 Å². The van der Waals surface area contributed by atoms with Crippen LogP contribution in [0.3, 0.4) is 0 Å². The lowest BCUT2D eigenvalue weighted by Gasteiger charge is -2.11. The van der Waals surface area contributed by atoms with Crippen LogP contribution in [0.4, 0.5) is 0 Å². The van der Waals surface area contributed by atoms with Gasteiger partial charge in [-0.2, -0.15) is 5.10 Å². The maximum absolute atomic E-state index is 12.1. The van der Waals surface area contributed by atoms with E-state index in [4.69, 9.17) is 4.74 Å². The number of aryl methyl sites for hydroxylation is 1. The molecule has 1 N–H and O–H groups in total. The maximum atomic E-state index is 12.1. The molecule has 2 heterocycles. The number of ether oxygens (including phenoxy) is 1. The summed E-state index contributed by atoms with van der Waals surface area (Å²) < 4.78 is 8.92. The molecular formula is C26H29N5O2S2. The zero-order valence-electron chi connectivity index (χ0n) is 20.1. The van der Waals surface area contributed by atoms with Crippen molar-refractivity contribution in [2.75, 3.05) is 12.4 Å². The fourth-order valence-corrected chi connectivity index (χ4v) is 5.23. The van der Waals surface area contributed by atoms with Crippen molar-refractivity contribution in [3.8, 4) is 5.75 Å². The molecule has 0 radical (unpaired) electrons. The standard InChI is InChI=1S/C26H29N5O2S2/c1-4-18(2)20-9-11-22(12-10-20)33-14-13-31-16-21(23-7-5-6-8-24(23)31)15-27-29-25(32)17-34-26-30-28-19(3)35-26/h5-12,15-16,18H,4,13-14,17H2,1-3H3,(H,29,32). The van der Waals surface area contributed by atoms with Crippen molar-refractivity contribution in [3.63, 3.8) is 0 Å². The molecule has 9 heteroatoms. The molecule has 1 amide bonds. The number of rotatable bonds is 11. The van der Waals surface area contributed by atoms with Crippen molar-refractivity contribution in [2.24, 2.45) is 5.10 Å². The first-order valence-electron chi connectivity index (χ1n) is 11.6. The highest BCUT2D eigenvalue weighted by Crippen LogP contribution is 2.23. The van der Waals surface area contributed by atoms with E-state index in [1.165, 1.54) is 28.7 Å². The van der Waals surface area contributed by atoms with E-state index in [1.54, 1.807) is 6.21 Å². The van der Waals surface area contributed by atoms with Gasteiger partial charge in [0.05, 0.1) is 18.5 Å². The van der Waals surface area contributed by atoms with Gasteiger partial charge < -0.3 is 9.30 Å². The van der Waals surface area contributed by atoms with Crippen LogP contribution in [-0.4, -0.2) is 39.2 Å². The molecule has 0 aliphatic carbocycles. The Morgan fingerprint density at radius 3 is 2.77 bits per heavy atom. The SMILES string of the molecule is CCC(C)c1ccc(OCCn2cc(C=NNC(=O)CSc3nnc(C)s3)c3ccccc32)cc1. The van der Waals surface area contributed by atoms with Crippen LogP contribution in [-0.2, 0) is 11.3 Å². The fourth-order valence-electron chi connectivity index (χ4n) is 3.62. The summed E-state index contributed by atoms with van der Waals surface area (Å²) in [6.45, 7) is 7.58. The zero-order valence-corrected chi connectivity index (χ0v) is 21.7. The third-order valence-electron chi connectivity index (χ3n) is 5.71. The van der Waals surface area contributed by atoms with E-state index in [9.17, 15) is 4.79 Å². The summed E-state index contributed by atoms with van der Waals surface area (Å²) in [6.07, 6.45) is 4.85. The molecule has 182 valence electrons. The molecule has 0 spiro atoms. The lowest BCUT2D eigenvalue weighted by atomic mass is 9.99. The van der Waals surface area contributed by atoms with Crippen molar-refractivity contribution in [1.29, 1.82) is 0 Å². The first-order valence-corrected chi connectivity index (χ1v) is 13.4. The van der Waals surface area contributed by atoms with E-state index in [0.717, 1.165) is 38.0 Å². The molecule has 1 atom stereocenters. The van der Waals surface area contributed by atoms with Crippen LogP contribution < -0.4 is 10.2 Å². The molecule has 4 rings (SSSR count). The second kappa shape index (κ2) is 12.0. The Balaban J connectivity index is 1.34. The molecule has 0 saturated heterocycles. The number of para-hydroxylation sites is 1. The molecule has 0 bridgehead atoms. The van der Waals surface area contributed by atoms with Gasteiger partial charge >= 0.3 is 0 Å². The van der Waals surface area contributed by atoms with E-state index in [2.05, 4.69) is 63.4 Å². The zero-order chi connectivity index (χ0) is 24.6. The Bertz CT molecular complexity index is 1300. The lowest BCUT2D eigenvalue weighted by molar-refractivity contribution is -0.118. The van der Waals surface area contributed by atoms with Crippen molar-refractivity contribution in [1.82, 2.24) is 20.2 Å². The maximum Gasteiger partial charge on any atom is 0.250 e. The monoisotopic (exact) mass is 507 g/mol. The number of carbonyl (C=O) groups excluding carboxylic acids is 1. The largest absolute Gasteiger partial charge is 0.492 e. The predicted molar refractivity (Wildman–Crippen MR) is 144 cm³/mol. The first kappa shape index (κ1) is 24.9. The van der Waals surface area contributed by atoms with E-state index in [1.807, 2.05) is 37.4 Å². The van der Waals surface area contributed by atoms with E-state index >= 15 is 0 Å². The Kier molecular flexibility index (Phi) is 8.54. The minimum absolute atomic E-state index is 0.185. The molecule has 0 fully saturated rings. The molecular weight excluding hydrogens is 478 g/mol. The second-order valence-electron chi connectivity index (χ2n) is 8.19. The lowest BCUT2D eigenvalue weighted by Crippen LogP contribution is -2.19. The van der Waals surface area contributed by atoms with E-state index < -0.39 is 0 Å². The van der Waals surface area contributed by atoms with Crippen molar-refractivity contribution in [3.05, 3.63) is 70.9 Å². The topological polar surface area (TPSA) is 81.4 Å². The van der Waals surface area contributed by atoms with Crippen LogP contribution in [0, 0.1) is 6.92 Å². The highest BCUT2D eigenvalue weighted by Gasteiger charge is 2.09. The summed E-state index contributed by atoms with van der Waals surface area (Å²) in [5.74, 6) is 1.48. The number of fused-ring (bicyclic) bond motifs is 1. The Morgan fingerprint density at radius 2 is 2.03 bits per heavy atom. The van der Waals surface area contributed by atoms with Crippen LogP contribution in [0.15, 0.2) is 64.2 Å². The number of benzene rings is 2. The smallest absolute Gasteiger partial charge is 0.250 e. The molecule has 0 aliphatic rings. The van der Waals surface area contributed by atoms with Crippen molar-refractivity contribution < 1.29 is 9.53 Å². The molecule has 4 aromatic rings. The molecule has 0 saturated carbocycles. The molecule has 1 unspecified atom stereocenters. The quantitative estimate of drug-likeness (QED) is 0.161. The van der Waals surface area contributed by atoms with Gasteiger partial charge in [-0.3, -0.25) is 4.79 Å². The first-order chi connectivity index (χ1) is 17.0. The molecule has 35 heavy (non-hydrogen) atoms. The number of amides is 1. The highest BCUT2D eigenvalue weighted by atomic mass is 32.2. The number of nitrogens with one attached hydrogen (secondary N) is 1. The van der Waals surface area contributed by atoms with E-state index in [0.29, 0.717) is 19.1 Å². The Morgan fingerprint density at radius 1 is 1.23 bits per heavy atom. The number of hydrazone groups is 1. The van der Waals surface area contributed by atoms with Crippen LogP contribution in [0.5, 0.6) is 5.75 Å². The van der Waals surface area contributed by atoms with Gasteiger partial charge in [0.2, 0.25) is 0 Å². The highest BCUT2D eigenvalue weighted by molar-refractivity contribution is 8.01. The third-order valence-corrected chi connectivity index (χ3v) is 7.68. The van der Waals surface area contributed by atoms with Gasteiger partial charge in [0.25, 0.3) is 5.91 Å². The summed E-state index contributed by atoms with van der Waals surface area (Å²) in [5.41, 5.74) is 5.96. The normalized spacial score (nSPS) is 12.3. The fraction of sp³-hybridized carbons (Fsp3) is 0.308. The van der Waals surface area contributed by atoms with Crippen LogP contribution in [0.2, 0.25) is 0 Å². The Hall–Kier alpha value is -3.17. The number of thioether (sulfide) groups is 1. The molecule has 2 aromatic heterocycles. The predicted octanol–water partition coefficient (Wildman–Crippen LogP) is 5.64. The van der Waals surface area contributed by atoms with Crippen molar-refractivity contribution >= 4 is 46.1 Å². The number of aromatic nitrogens is 3. The third kappa shape index (κ3) is 6.70. The van der Waals surface area contributed by atoms with E-state index in [-0.39, 0.29) is 11.7 Å². The number of hydrogen-bond acceptors (Lipinski definition) is 7. The van der Waals surface area contributed by atoms with Gasteiger partial charge in [-0.25, -0.2) is 5.43 Å². The minimum Gasteiger partial charge on any atom is -0.492 e. The van der Waals surface area contributed by atoms with Gasteiger partial charge in [0.1, 0.15) is 17.4 Å². The number of hydrogen-bond donors (Lipinski definition) is 1. The average molecular weight is 508 g/mol. The van der Waals surface area contributed by atoms with Crippen LogP contribution >= 0.6 is 23.1 Å². The Labute approximate surface area is 213 Å². The second-order valence-corrected chi connectivity index (χ2v) is 10.6. The van der Waals surface area contributed by atoms with Gasteiger partial charge in [0, 0.05) is 22.7 Å². The molecule has 2 aromatic carbocycles. The van der Waals surface area contributed by atoms with Gasteiger partial charge in [-0.1, -0.05) is 67.3 Å². The number of nitrogens with zero attached hydrogens (tertiary/aromatic N) is 4. The summed E-state index contributed by atoms with van der Waals surface area (Å²) in [6, 6.07) is 16.5. The molecule has 0 aliphatic heterocycles. The summed E-state index contributed by atoms with van der Waals surface area (Å²) >= 11 is 2.82. The minimum atomic E-state index is -0.185. The summed E-state index contributed by atoms with van der Waals surface area (Å²) in [5, 5.41) is 14.1. The van der Waals surface area contributed by atoms with Gasteiger partial charge in [-0.15, -0.1) is 10.2 Å². The molecule has 7 nitrogen and oxygen atoms in total. The summed E-state index contributed by atoms with van der Waals surface area (Å²) in [4.78, 5) is 12.1. The van der Waals surface area contributed by atoms with Gasteiger partial charge in [0.15, 0.2) is 4.34 Å². The van der Waals surface area contributed by atoms with Crippen LogP contribution in [0.25, 0.3) is 10.9 Å². The number of carbonyl (C=O) groups is 1. The summed E-state index contributed by atoms with van der Waals surface area (Å²) in [7, 11) is 0.